The Bertz CT molecular complexity index is 957. The average molecular weight is 395 g/mol. The normalized spacial score (nSPS) is 10.6. The summed E-state index contributed by atoms with van der Waals surface area (Å²) in [6, 6.07) is 21.9. The van der Waals surface area contributed by atoms with Crippen LogP contribution in [0.3, 0.4) is 0 Å². The zero-order valence-electron chi connectivity index (χ0n) is 15.3. The molecule has 0 bridgehead atoms. The summed E-state index contributed by atoms with van der Waals surface area (Å²) in [4.78, 5) is 12.1. The summed E-state index contributed by atoms with van der Waals surface area (Å²) >= 11 is 5.82. The second-order valence-electron chi connectivity index (χ2n) is 5.89. The van der Waals surface area contributed by atoms with Crippen molar-refractivity contribution in [3.05, 3.63) is 94.5 Å². The maximum atomic E-state index is 12.1. The van der Waals surface area contributed by atoms with Gasteiger partial charge in [0, 0.05) is 10.6 Å². The van der Waals surface area contributed by atoms with E-state index in [1.807, 2.05) is 36.4 Å². The van der Waals surface area contributed by atoms with Crippen LogP contribution in [-0.2, 0) is 6.61 Å². The number of nitrogens with zero attached hydrogens (tertiary/aromatic N) is 1. The van der Waals surface area contributed by atoms with Crippen LogP contribution >= 0.6 is 11.6 Å². The minimum atomic E-state index is -0.318. The van der Waals surface area contributed by atoms with Gasteiger partial charge in [-0.1, -0.05) is 41.9 Å². The van der Waals surface area contributed by atoms with Gasteiger partial charge in [-0.3, -0.25) is 4.79 Å². The molecule has 28 heavy (non-hydrogen) atoms. The van der Waals surface area contributed by atoms with Crippen LogP contribution in [0, 0.1) is 0 Å². The predicted molar refractivity (Wildman–Crippen MR) is 110 cm³/mol. The first kappa shape index (κ1) is 19.5. The summed E-state index contributed by atoms with van der Waals surface area (Å²) in [6.45, 7) is 0.422. The number of ether oxygens (including phenoxy) is 2. The number of hydrogen-bond acceptors (Lipinski definition) is 4. The molecule has 0 heterocycles. The van der Waals surface area contributed by atoms with Gasteiger partial charge in [0.1, 0.15) is 6.61 Å². The third-order valence-electron chi connectivity index (χ3n) is 3.91. The lowest BCUT2D eigenvalue weighted by atomic mass is 10.2. The number of carbonyl (C=O) groups is 1. The van der Waals surface area contributed by atoms with Crippen molar-refractivity contribution in [3.63, 3.8) is 0 Å². The highest BCUT2D eigenvalue weighted by molar-refractivity contribution is 6.30. The zero-order valence-corrected chi connectivity index (χ0v) is 16.0. The molecule has 142 valence electrons. The van der Waals surface area contributed by atoms with Gasteiger partial charge in [0.2, 0.25) is 0 Å². The minimum Gasteiger partial charge on any atom is -0.493 e. The van der Waals surface area contributed by atoms with Crippen LogP contribution in [0.4, 0.5) is 0 Å². The van der Waals surface area contributed by atoms with Gasteiger partial charge in [0.05, 0.1) is 13.3 Å². The largest absolute Gasteiger partial charge is 0.493 e. The van der Waals surface area contributed by atoms with Crippen LogP contribution in [0.1, 0.15) is 21.5 Å². The van der Waals surface area contributed by atoms with E-state index in [4.69, 9.17) is 21.1 Å². The summed E-state index contributed by atoms with van der Waals surface area (Å²) in [7, 11) is 1.59. The molecule has 0 atom stereocenters. The van der Waals surface area contributed by atoms with Gasteiger partial charge in [0.25, 0.3) is 5.91 Å². The van der Waals surface area contributed by atoms with Crippen LogP contribution in [0.5, 0.6) is 11.5 Å². The van der Waals surface area contributed by atoms with Crippen molar-refractivity contribution in [2.45, 2.75) is 6.61 Å². The first-order valence-electron chi connectivity index (χ1n) is 8.59. The Labute approximate surface area is 168 Å². The smallest absolute Gasteiger partial charge is 0.271 e. The Morgan fingerprint density at radius 2 is 1.79 bits per heavy atom. The monoisotopic (exact) mass is 394 g/mol. The summed E-state index contributed by atoms with van der Waals surface area (Å²) in [5.74, 6) is 0.902. The summed E-state index contributed by atoms with van der Waals surface area (Å²) in [5, 5.41) is 4.57. The van der Waals surface area contributed by atoms with E-state index in [2.05, 4.69) is 10.5 Å². The Morgan fingerprint density at radius 3 is 2.50 bits per heavy atom. The van der Waals surface area contributed by atoms with Crippen LogP contribution in [0.15, 0.2) is 77.9 Å². The van der Waals surface area contributed by atoms with E-state index in [9.17, 15) is 4.79 Å². The van der Waals surface area contributed by atoms with Crippen LogP contribution in [0.2, 0.25) is 5.02 Å². The molecular weight excluding hydrogens is 376 g/mol. The molecule has 3 aromatic rings. The number of methoxy groups -OCH3 is 1. The lowest BCUT2D eigenvalue weighted by Crippen LogP contribution is -2.17. The summed E-state index contributed by atoms with van der Waals surface area (Å²) < 4.78 is 11.2. The molecule has 3 aromatic carbocycles. The van der Waals surface area contributed by atoms with Crippen molar-refractivity contribution in [2.24, 2.45) is 5.10 Å². The quantitative estimate of drug-likeness (QED) is 0.467. The number of hydrogen-bond donors (Lipinski definition) is 1. The third kappa shape index (κ3) is 5.34. The highest BCUT2D eigenvalue weighted by atomic mass is 35.5. The van der Waals surface area contributed by atoms with Crippen LogP contribution in [-0.4, -0.2) is 19.2 Å². The van der Waals surface area contributed by atoms with E-state index in [0.29, 0.717) is 28.7 Å². The standard InChI is InChI=1S/C22H19ClN2O3/c1-27-20-12-7-17(13-21(20)28-15-16-5-3-2-4-6-16)14-24-25-22(26)18-8-10-19(23)11-9-18/h2-14H,15H2,1H3,(H,25,26)/b24-14-. The Hall–Kier alpha value is -3.31. The number of amides is 1. The minimum absolute atomic E-state index is 0.318. The molecule has 3 rings (SSSR count). The number of nitrogens with one attached hydrogen (secondary N) is 1. The van der Waals surface area contributed by atoms with Crippen molar-refractivity contribution in [1.82, 2.24) is 5.43 Å². The van der Waals surface area contributed by atoms with E-state index in [1.165, 1.54) is 0 Å². The van der Waals surface area contributed by atoms with Gasteiger partial charge in [0.15, 0.2) is 11.5 Å². The van der Waals surface area contributed by atoms with Crippen molar-refractivity contribution >= 4 is 23.7 Å². The fourth-order valence-corrected chi connectivity index (χ4v) is 2.58. The molecular formula is C22H19ClN2O3. The Balaban J connectivity index is 1.65. The molecule has 0 unspecified atom stereocenters. The number of hydrazone groups is 1. The van der Waals surface area contributed by atoms with Crippen LogP contribution in [0.25, 0.3) is 0 Å². The molecule has 1 N–H and O–H groups in total. The van der Waals surface area contributed by atoms with Crippen molar-refractivity contribution < 1.29 is 14.3 Å². The Kier molecular flexibility index (Phi) is 6.65. The number of benzene rings is 3. The van der Waals surface area contributed by atoms with E-state index < -0.39 is 0 Å². The third-order valence-corrected chi connectivity index (χ3v) is 4.16. The predicted octanol–water partition coefficient (Wildman–Crippen LogP) is 4.69. The fourth-order valence-electron chi connectivity index (χ4n) is 2.45. The van der Waals surface area contributed by atoms with Crippen molar-refractivity contribution in [3.8, 4) is 11.5 Å². The van der Waals surface area contributed by atoms with Crippen molar-refractivity contribution in [1.29, 1.82) is 0 Å². The molecule has 0 aromatic heterocycles. The second kappa shape index (κ2) is 9.58. The highest BCUT2D eigenvalue weighted by Crippen LogP contribution is 2.28. The molecule has 0 saturated carbocycles. The second-order valence-corrected chi connectivity index (χ2v) is 6.33. The molecule has 6 heteroatoms. The number of halogens is 1. The van der Waals surface area contributed by atoms with Gasteiger partial charge in [-0.25, -0.2) is 5.43 Å². The van der Waals surface area contributed by atoms with E-state index in [0.717, 1.165) is 11.1 Å². The van der Waals surface area contributed by atoms with Crippen molar-refractivity contribution in [2.75, 3.05) is 7.11 Å². The van der Waals surface area contributed by atoms with E-state index in [-0.39, 0.29) is 5.91 Å². The molecule has 0 aliphatic carbocycles. The van der Waals surface area contributed by atoms with Gasteiger partial charge >= 0.3 is 0 Å². The van der Waals surface area contributed by atoms with E-state index in [1.54, 1.807) is 49.7 Å². The maximum absolute atomic E-state index is 12.1. The van der Waals surface area contributed by atoms with Crippen LogP contribution < -0.4 is 14.9 Å². The first-order chi connectivity index (χ1) is 13.7. The lowest BCUT2D eigenvalue weighted by molar-refractivity contribution is 0.0955. The molecule has 0 aliphatic heterocycles. The van der Waals surface area contributed by atoms with E-state index >= 15 is 0 Å². The summed E-state index contributed by atoms with van der Waals surface area (Å²) in [5.41, 5.74) is 4.78. The molecule has 0 spiro atoms. The first-order valence-corrected chi connectivity index (χ1v) is 8.97. The molecule has 5 nitrogen and oxygen atoms in total. The summed E-state index contributed by atoms with van der Waals surface area (Å²) in [6.07, 6.45) is 1.54. The molecule has 0 radical (unpaired) electrons. The van der Waals surface area contributed by atoms with Gasteiger partial charge in [-0.05, 0) is 53.6 Å². The SMILES string of the molecule is COc1ccc(/C=N\NC(=O)c2ccc(Cl)cc2)cc1OCc1ccccc1. The maximum Gasteiger partial charge on any atom is 0.271 e. The Morgan fingerprint density at radius 1 is 1.04 bits per heavy atom. The number of carbonyl (C=O) groups excluding carboxylic acids is 1. The fraction of sp³-hybridized carbons (Fsp3) is 0.0909. The lowest BCUT2D eigenvalue weighted by Gasteiger charge is -2.11. The topological polar surface area (TPSA) is 59.9 Å². The van der Waals surface area contributed by atoms with Gasteiger partial charge in [-0.15, -0.1) is 0 Å². The molecule has 0 saturated heterocycles. The molecule has 1 amide bonds. The van der Waals surface area contributed by atoms with Gasteiger partial charge in [-0.2, -0.15) is 5.10 Å². The molecule has 0 fully saturated rings. The highest BCUT2D eigenvalue weighted by Gasteiger charge is 2.06. The van der Waals surface area contributed by atoms with Gasteiger partial charge < -0.3 is 9.47 Å². The number of rotatable bonds is 7. The molecule has 0 aliphatic rings. The zero-order chi connectivity index (χ0) is 19.8. The average Bonchev–Trinajstić information content (AvgIpc) is 2.73.